The Labute approximate surface area is 116 Å². The highest BCUT2D eigenvalue weighted by Crippen LogP contribution is 2.33. The number of rotatable bonds is 4. The maximum Gasteiger partial charge on any atom is 0.0948 e. The smallest absolute Gasteiger partial charge is 0.0948 e. The fraction of sp³-hybridized carbons (Fsp3) is 0.688. The van der Waals surface area contributed by atoms with Crippen molar-refractivity contribution in [2.75, 3.05) is 13.1 Å². The third kappa shape index (κ3) is 2.92. The van der Waals surface area contributed by atoms with Crippen LogP contribution in [0.15, 0.2) is 24.7 Å². The molecule has 0 aromatic carbocycles. The van der Waals surface area contributed by atoms with Crippen molar-refractivity contribution in [1.82, 2.24) is 14.5 Å². The summed E-state index contributed by atoms with van der Waals surface area (Å²) in [5.41, 5.74) is 1.38. The van der Waals surface area contributed by atoms with Crippen molar-refractivity contribution in [2.45, 2.75) is 39.8 Å². The highest BCUT2D eigenvalue weighted by molar-refractivity contribution is 5.03. The van der Waals surface area contributed by atoms with Crippen molar-refractivity contribution in [3.8, 4) is 0 Å². The minimum Gasteiger partial charge on any atom is -0.333 e. The molecule has 1 aromatic heterocycles. The van der Waals surface area contributed by atoms with Crippen LogP contribution in [0.4, 0.5) is 0 Å². The van der Waals surface area contributed by atoms with Gasteiger partial charge in [0.15, 0.2) is 0 Å². The number of hydrogen-bond donors (Lipinski definition) is 0. The summed E-state index contributed by atoms with van der Waals surface area (Å²) in [7, 11) is 0. The van der Waals surface area contributed by atoms with Gasteiger partial charge in [-0.25, -0.2) is 4.98 Å². The number of nitrogens with zero attached hydrogens (tertiary/aromatic N) is 3. The standard InChI is InChI=1S/C16H25N3/c1-13(2)8-19-12-17-7-16(19)11-18-9-14-5-3-4-6-15(14)10-18/h3-4,7,12-15H,5-6,8-11H2,1-2H3/t14-,15+. The minimum atomic E-state index is 0.679. The normalized spacial score (nSPS) is 27.1. The van der Waals surface area contributed by atoms with Crippen LogP contribution in [0.3, 0.4) is 0 Å². The number of imidazole rings is 1. The molecule has 1 aromatic rings. The van der Waals surface area contributed by atoms with Gasteiger partial charge in [0.25, 0.3) is 0 Å². The molecule has 2 heterocycles. The largest absolute Gasteiger partial charge is 0.333 e. The number of allylic oxidation sites excluding steroid dienone is 2. The fourth-order valence-corrected chi connectivity index (χ4v) is 3.51. The molecular formula is C16H25N3. The van der Waals surface area contributed by atoms with E-state index in [-0.39, 0.29) is 0 Å². The molecule has 2 aliphatic rings. The van der Waals surface area contributed by atoms with Crippen molar-refractivity contribution in [2.24, 2.45) is 17.8 Å². The Bertz CT molecular complexity index is 431. The topological polar surface area (TPSA) is 21.1 Å². The lowest BCUT2D eigenvalue weighted by Crippen LogP contribution is -2.22. The second-order valence-corrected chi connectivity index (χ2v) is 6.59. The molecule has 2 atom stereocenters. The van der Waals surface area contributed by atoms with Crippen molar-refractivity contribution in [3.05, 3.63) is 30.4 Å². The van der Waals surface area contributed by atoms with Crippen molar-refractivity contribution in [1.29, 1.82) is 0 Å². The maximum atomic E-state index is 4.33. The highest BCUT2D eigenvalue weighted by atomic mass is 15.2. The SMILES string of the molecule is CC(C)Cn1cncc1CN1C[C@H]2CC=CC[C@H]2C1. The van der Waals surface area contributed by atoms with E-state index in [1.165, 1.54) is 31.6 Å². The van der Waals surface area contributed by atoms with Crippen molar-refractivity contribution < 1.29 is 0 Å². The predicted molar refractivity (Wildman–Crippen MR) is 77.7 cm³/mol. The van der Waals surface area contributed by atoms with Crippen molar-refractivity contribution in [3.63, 3.8) is 0 Å². The molecule has 3 nitrogen and oxygen atoms in total. The van der Waals surface area contributed by atoms with E-state index in [9.17, 15) is 0 Å². The first-order valence-electron chi connectivity index (χ1n) is 7.58. The summed E-state index contributed by atoms with van der Waals surface area (Å²) in [5.74, 6) is 2.47. The molecule has 0 N–H and O–H groups in total. The molecule has 1 aliphatic heterocycles. The third-order valence-electron chi connectivity index (χ3n) is 4.44. The minimum absolute atomic E-state index is 0.679. The quantitative estimate of drug-likeness (QED) is 0.775. The van der Waals surface area contributed by atoms with Gasteiger partial charge in [-0.05, 0) is 30.6 Å². The Morgan fingerprint density at radius 3 is 2.53 bits per heavy atom. The van der Waals surface area contributed by atoms with Crippen LogP contribution in [0, 0.1) is 17.8 Å². The summed E-state index contributed by atoms with van der Waals surface area (Å²) < 4.78 is 2.32. The van der Waals surface area contributed by atoms with Crippen LogP contribution >= 0.6 is 0 Å². The molecule has 1 aliphatic carbocycles. The monoisotopic (exact) mass is 259 g/mol. The van der Waals surface area contributed by atoms with E-state index in [0.29, 0.717) is 5.92 Å². The van der Waals surface area contributed by atoms with E-state index in [0.717, 1.165) is 24.9 Å². The third-order valence-corrected chi connectivity index (χ3v) is 4.44. The number of likely N-dealkylation sites (tertiary alicyclic amines) is 1. The molecule has 1 saturated heterocycles. The molecular weight excluding hydrogens is 234 g/mol. The lowest BCUT2D eigenvalue weighted by atomic mass is 9.86. The Balaban J connectivity index is 1.62. The van der Waals surface area contributed by atoms with E-state index in [4.69, 9.17) is 0 Å². The van der Waals surface area contributed by atoms with Crippen molar-refractivity contribution >= 4 is 0 Å². The van der Waals surface area contributed by atoms with Crippen LogP contribution in [0.5, 0.6) is 0 Å². The molecule has 0 spiro atoms. The Kier molecular flexibility index (Phi) is 3.74. The molecule has 104 valence electrons. The van der Waals surface area contributed by atoms with Crippen LogP contribution in [0.2, 0.25) is 0 Å². The molecule has 19 heavy (non-hydrogen) atoms. The van der Waals surface area contributed by atoms with Gasteiger partial charge in [-0.3, -0.25) is 4.90 Å². The number of aromatic nitrogens is 2. The van der Waals surface area contributed by atoms with Gasteiger partial charge < -0.3 is 4.57 Å². The lowest BCUT2D eigenvalue weighted by molar-refractivity contribution is 0.302. The summed E-state index contributed by atoms with van der Waals surface area (Å²) in [5, 5.41) is 0. The van der Waals surface area contributed by atoms with Crippen LogP contribution < -0.4 is 0 Å². The van der Waals surface area contributed by atoms with E-state index < -0.39 is 0 Å². The molecule has 3 rings (SSSR count). The summed E-state index contributed by atoms with van der Waals surface area (Å²) in [6.07, 6.45) is 11.3. The molecule has 0 amide bonds. The van der Waals surface area contributed by atoms with Gasteiger partial charge in [0.2, 0.25) is 0 Å². The zero-order chi connectivity index (χ0) is 13.2. The van der Waals surface area contributed by atoms with Crippen LogP contribution in [0.25, 0.3) is 0 Å². The highest BCUT2D eigenvalue weighted by Gasteiger charge is 2.32. The molecule has 0 radical (unpaired) electrons. The van der Waals surface area contributed by atoms with E-state index in [1.807, 2.05) is 12.5 Å². The zero-order valence-electron chi connectivity index (χ0n) is 12.1. The first-order valence-corrected chi connectivity index (χ1v) is 7.58. The van der Waals surface area contributed by atoms with Gasteiger partial charge >= 0.3 is 0 Å². The average Bonchev–Trinajstić information content (AvgIpc) is 2.95. The first-order chi connectivity index (χ1) is 9.22. The van der Waals surface area contributed by atoms with Gasteiger partial charge in [-0.1, -0.05) is 26.0 Å². The van der Waals surface area contributed by atoms with E-state index >= 15 is 0 Å². The Morgan fingerprint density at radius 1 is 1.21 bits per heavy atom. The first kappa shape index (κ1) is 12.9. The molecule has 0 unspecified atom stereocenters. The van der Waals surface area contributed by atoms with Gasteiger partial charge in [0.05, 0.1) is 12.0 Å². The number of fused-ring (bicyclic) bond motifs is 1. The summed E-state index contributed by atoms with van der Waals surface area (Å²) in [4.78, 5) is 6.95. The Morgan fingerprint density at radius 2 is 1.89 bits per heavy atom. The van der Waals surface area contributed by atoms with Crippen LogP contribution in [-0.2, 0) is 13.1 Å². The summed E-state index contributed by atoms with van der Waals surface area (Å²) in [6, 6.07) is 0. The summed E-state index contributed by atoms with van der Waals surface area (Å²) >= 11 is 0. The molecule has 1 fully saturated rings. The zero-order valence-corrected chi connectivity index (χ0v) is 12.1. The van der Waals surface area contributed by atoms with E-state index in [1.54, 1.807) is 0 Å². The second kappa shape index (κ2) is 5.49. The average molecular weight is 259 g/mol. The van der Waals surface area contributed by atoms with Gasteiger partial charge in [-0.15, -0.1) is 0 Å². The maximum absolute atomic E-state index is 4.33. The second-order valence-electron chi connectivity index (χ2n) is 6.59. The van der Waals surface area contributed by atoms with Gasteiger partial charge in [0.1, 0.15) is 0 Å². The predicted octanol–water partition coefficient (Wildman–Crippen LogP) is 2.94. The lowest BCUT2D eigenvalue weighted by Gasteiger charge is -2.18. The molecule has 0 bridgehead atoms. The van der Waals surface area contributed by atoms with Gasteiger partial charge in [-0.2, -0.15) is 0 Å². The number of hydrogen-bond acceptors (Lipinski definition) is 2. The fourth-order valence-electron chi connectivity index (χ4n) is 3.51. The van der Waals surface area contributed by atoms with Gasteiger partial charge in [0, 0.05) is 32.4 Å². The summed E-state index contributed by atoms with van der Waals surface area (Å²) in [6.45, 7) is 9.21. The van der Waals surface area contributed by atoms with Crippen LogP contribution in [0.1, 0.15) is 32.4 Å². The van der Waals surface area contributed by atoms with Crippen LogP contribution in [-0.4, -0.2) is 27.5 Å². The van der Waals surface area contributed by atoms with E-state index in [2.05, 4.69) is 40.5 Å². The Hall–Kier alpha value is -1.09. The molecule has 0 saturated carbocycles. The molecule has 3 heteroatoms.